The van der Waals surface area contributed by atoms with Gasteiger partial charge in [-0.25, -0.2) is 4.79 Å². The van der Waals surface area contributed by atoms with Gasteiger partial charge in [0, 0.05) is 18.7 Å². The Kier molecular flexibility index (Phi) is 14.4. The molecule has 0 fully saturated rings. The van der Waals surface area contributed by atoms with E-state index in [0.29, 0.717) is 17.7 Å². The minimum Gasteiger partial charge on any atom is -0.444 e. The minimum atomic E-state index is -1.13. The van der Waals surface area contributed by atoms with Crippen LogP contribution in [0.5, 0.6) is 0 Å². The Balaban J connectivity index is 2.59. The van der Waals surface area contributed by atoms with Crippen molar-refractivity contribution in [3.8, 4) is 0 Å². The van der Waals surface area contributed by atoms with E-state index >= 15 is 0 Å². The molecule has 9 nitrogen and oxygen atoms in total. The number of hydrogen-bond donors (Lipinski definition) is 3. The fourth-order valence-electron chi connectivity index (χ4n) is 5.06. The first kappa shape index (κ1) is 36.3. The van der Waals surface area contributed by atoms with Crippen LogP contribution in [0.25, 0.3) is 0 Å². The Morgan fingerprint density at radius 1 is 0.886 bits per heavy atom. The van der Waals surface area contributed by atoms with E-state index in [-0.39, 0.29) is 25.3 Å². The number of anilines is 1. The third-order valence-electron chi connectivity index (χ3n) is 7.61. The first-order chi connectivity index (χ1) is 20.7. The van der Waals surface area contributed by atoms with Crippen molar-refractivity contribution in [1.29, 1.82) is 0 Å². The average Bonchev–Trinajstić information content (AvgIpc) is 2.94. The van der Waals surface area contributed by atoms with Crippen molar-refractivity contribution in [3.63, 3.8) is 0 Å². The summed E-state index contributed by atoms with van der Waals surface area (Å²) in [6.07, 6.45) is 4.99. The van der Waals surface area contributed by atoms with Crippen LogP contribution in [0.3, 0.4) is 0 Å². The summed E-state index contributed by atoms with van der Waals surface area (Å²) >= 11 is 0. The molecule has 0 saturated heterocycles. The minimum absolute atomic E-state index is 0.0284. The number of rotatable bonds is 16. The number of primary amides is 1. The first-order valence-corrected chi connectivity index (χ1v) is 15.8. The number of nitrogens with one attached hydrogen (secondary N) is 2. The summed E-state index contributed by atoms with van der Waals surface area (Å²) in [6, 6.07) is 11.1. The van der Waals surface area contributed by atoms with Crippen LogP contribution >= 0.6 is 0 Å². The van der Waals surface area contributed by atoms with Crippen LogP contribution in [0, 0.1) is 20.8 Å². The number of carbonyl (C=O) groups excluding carboxylic acids is 4. The smallest absolute Gasteiger partial charge is 0.408 e. The Morgan fingerprint density at radius 3 is 2.16 bits per heavy atom. The van der Waals surface area contributed by atoms with Crippen LogP contribution in [0.1, 0.15) is 107 Å². The summed E-state index contributed by atoms with van der Waals surface area (Å²) in [7, 11) is 0. The number of carbonyl (C=O) groups is 4. The zero-order valence-corrected chi connectivity index (χ0v) is 27.6. The molecule has 9 heteroatoms. The topological polar surface area (TPSA) is 131 Å². The van der Waals surface area contributed by atoms with Gasteiger partial charge in [-0.3, -0.25) is 14.4 Å². The summed E-state index contributed by atoms with van der Waals surface area (Å²) in [4.78, 5) is 54.9. The van der Waals surface area contributed by atoms with Gasteiger partial charge in [-0.05, 0) is 82.7 Å². The molecular formula is C35H52N4O5. The molecule has 0 heterocycles. The number of nitrogens with zero attached hydrogens (tertiary/aromatic N) is 1. The standard InChI is InChI=1S/C35H52N4O5/c1-8-9-10-11-12-15-23-39(33(42)29(21-22-30(36)40)38-34(43)44-35(5,6)7)31(27-19-16-18-24(2)26(27)4)32(41)37-28-20-14-13-17-25(28)3/h13-14,16-20,29,31H,8-12,15,21-23H2,1-7H3,(H2,36,40)(H,37,41)(H,38,43). The maximum Gasteiger partial charge on any atom is 0.408 e. The maximum absolute atomic E-state index is 14.5. The van der Waals surface area contributed by atoms with Gasteiger partial charge in [0.1, 0.15) is 17.7 Å². The van der Waals surface area contributed by atoms with Crippen molar-refractivity contribution in [1.82, 2.24) is 10.2 Å². The fourth-order valence-corrected chi connectivity index (χ4v) is 5.06. The van der Waals surface area contributed by atoms with Gasteiger partial charge in [0.05, 0.1) is 0 Å². The molecule has 0 aromatic heterocycles. The number of alkyl carbamates (subject to hydrolysis) is 1. The highest BCUT2D eigenvalue weighted by Crippen LogP contribution is 2.30. The highest BCUT2D eigenvalue weighted by molar-refractivity contribution is 5.99. The average molecular weight is 609 g/mol. The number of aryl methyl sites for hydroxylation is 2. The molecule has 2 atom stereocenters. The summed E-state index contributed by atoms with van der Waals surface area (Å²) in [5, 5.41) is 5.72. The number of unbranched alkanes of at least 4 members (excludes halogenated alkanes) is 5. The molecule has 0 aliphatic rings. The van der Waals surface area contributed by atoms with Gasteiger partial charge < -0.3 is 26.0 Å². The molecular weight excluding hydrogens is 556 g/mol. The number of amides is 4. The lowest BCUT2D eigenvalue weighted by atomic mass is 9.94. The molecule has 0 saturated carbocycles. The summed E-state index contributed by atoms with van der Waals surface area (Å²) < 4.78 is 5.44. The lowest BCUT2D eigenvalue weighted by molar-refractivity contribution is -0.141. The summed E-state index contributed by atoms with van der Waals surface area (Å²) in [6.45, 7) is 13.4. The molecule has 2 rings (SSSR count). The van der Waals surface area contributed by atoms with Crippen LogP contribution in [0.15, 0.2) is 42.5 Å². The number of benzene rings is 2. The van der Waals surface area contributed by atoms with Gasteiger partial charge in [-0.15, -0.1) is 0 Å². The molecule has 0 bridgehead atoms. The molecule has 4 amide bonds. The third-order valence-corrected chi connectivity index (χ3v) is 7.61. The van der Waals surface area contributed by atoms with Crippen molar-refractivity contribution < 1.29 is 23.9 Å². The predicted molar refractivity (Wildman–Crippen MR) is 175 cm³/mol. The molecule has 242 valence electrons. The van der Waals surface area contributed by atoms with Gasteiger partial charge in [0.15, 0.2) is 0 Å². The second-order valence-corrected chi connectivity index (χ2v) is 12.5. The normalized spacial score (nSPS) is 12.6. The second-order valence-electron chi connectivity index (χ2n) is 12.5. The number of hydrogen-bond acceptors (Lipinski definition) is 5. The Hall–Kier alpha value is -3.88. The van der Waals surface area contributed by atoms with Gasteiger partial charge >= 0.3 is 6.09 Å². The summed E-state index contributed by atoms with van der Waals surface area (Å²) in [5.74, 6) is -1.44. The molecule has 0 aliphatic carbocycles. The van der Waals surface area contributed by atoms with Crippen LogP contribution in [-0.4, -0.2) is 46.9 Å². The number of nitrogens with two attached hydrogens (primary N) is 1. The van der Waals surface area contributed by atoms with E-state index in [1.807, 2.05) is 63.2 Å². The monoisotopic (exact) mass is 608 g/mol. The van der Waals surface area contributed by atoms with E-state index in [2.05, 4.69) is 17.6 Å². The van der Waals surface area contributed by atoms with Crippen LogP contribution in [0.4, 0.5) is 10.5 Å². The Labute approximate surface area is 263 Å². The molecule has 2 unspecified atom stereocenters. The zero-order valence-electron chi connectivity index (χ0n) is 27.6. The number of para-hydroxylation sites is 1. The van der Waals surface area contributed by atoms with E-state index in [4.69, 9.17) is 10.5 Å². The van der Waals surface area contributed by atoms with E-state index in [1.165, 1.54) is 0 Å². The largest absolute Gasteiger partial charge is 0.444 e. The highest BCUT2D eigenvalue weighted by Gasteiger charge is 2.37. The van der Waals surface area contributed by atoms with E-state index in [9.17, 15) is 19.2 Å². The predicted octanol–water partition coefficient (Wildman–Crippen LogP) is 6.64. The third kappa shape index (κ3) is 11.7. The van der Waals surface area contributed by atoms with Crippen molar-refractivity contribution >= 4 is 29.5 Å². The SMILES string of the molecule is CCCCCCCCN(C(=O)C(CCC(N)=O)NC(=O)OC(C)(C)C)C(C(=O)Nc1ccccc1C)c1cccc(C)c1C. The van der Waals surface area contributed by atoms with Crippen molar-refractivity contribution in [2.24, 2.45) is 5.73 Å². The molecule has 44 heavy (non-hydrogen) atoms. The number of ether oxygens (including phenoxy) is 1. The Morgan fingerprint density at radius 2 is 1.52 bits per heavy atom. The van der Waals surface area contributed by atoms with Crippen molar-refractivity contribution in [2.75, 3.05) is 11.9 Å². The van der Waals surface area contributed by atoms with Crippen LogP contribution in [-0.2, 0) is 19.1 Å². The van der Waals surface area contributed by atoms with E-state index < -0.39 is 35.6 Å². The molecule has 0 aliphatic heterocycles. The fraction of sp³-hybridized carbons (Fsp3) is 0.543. The van der Waals surface area contributed by atoms with Crippen LogP contribution in [0.2, 0.25) is 0 Å². The quantitative estimate of drug-likeness (QED) is 0.184. The van der Waals surface area contributed by atoms with Gasteiger partial charge in [-0.1, -0.05) is 75.4 Å². The first-order valence-electron chi connectivity index (χ1n) is 15.8. The van der Waals surface area contributed by atoms with E-state index in [1.54, 1.807) is 25.7 Å². The van der Waals surface area contributed by atoms with Gasteiger partial charge in [-0.2, -0.15) is 0 Å². The van der Waals surface area contributed by atoms with E-state index in [0.717, 1.165) is 48.8 Å². The second kappa shape index (κ2) is 17.4. The molecule has 2 aromatic rings. The lowest BCUT2D eigenvalue weighted by Crippen LogP contribution is -2.53. The highest BCUT2D eigenvalue weighted by atomic mass is 16.6. The van der Waals surface area contributed by atoms with Crippen molar-refractivity contribution in [3.05, 3.63) is 64.7 Å². The molecule has 0 radical (unpaired) electrons. The maximum atomic E-state index is 14.5. The van der Waals surface area contributed by atoms with Gasteiger partial charge in [0.25, 0.3) is 5.91 Å². The molecule has 4 N–H and O–H groups in total. The van der Waals surface area contributed by atoms with Gasteiger partial charge in [0.2, 0.25) is 11.8 Å². The van der Waals surface area contributed by atoms with Crippen LogP contribution < -0.4 is 16.4 Å². The molecule has 0 spiro atoms. The van der Waals surface area contributed by atoms with Crippen molar-refractivity contribution in [2.45, 2.75) is 118 Å². The summed E-state index contributed by atoms with van der Waals surface area (Å²) in [5.41, 5.74) is 8.77. The molecule has 2 aromatic carbocycles. The lowest BCUT2D eigenvalue weighted by Gasteiger charge is -2.35. The zero-order chi connectivity index (χ0) is 32.9. The Bertz CT molecular complexity index is 1270.